The molecule has 1 aromatic heterocycles. The molecule has 0 aromatic carbocycles. The Balaban J connectivity index is 2.57. The number of hydrogen-bond donors (Lipinski definition) is 2. The highest BCUT2D eigenvalue weighted by Crippen LogP contribution is 2.12. The summed E-state index contributed by atoms with van der Waals surface area (Å²) in [5.74, 6) is -0.461. The first-order chi connectivity index (χ1) is 7.56. The van der Waals surface area contributed by atoms with Crippen LogP contribution in [-0.2, 0) is 16.1 Å². The van der Waals surface area contributed by atoms with Crippen molar-refractivity contribution in [2.24, 2.45) is 0 Å². The number of methoxy groups -OCH3 is 1. The molecule has 1 rings (SSSR count). The summed E-state index contributed by atoms with van der Waals surface area (Å²) in [7, 11) is 1.30. The molecule has 0 aliphatic carbocycles. The Morgan fingerprint density at radius 3 is 2.88 bits per heavy atom. The van der Waals surface area contributed by atoms with E-state index >= 15 is 0 Å². The van der Waals surface area contributed by atoms with Crippen LogP contribution >= 0.6 is 11.3 Å². The van der Waals surface area contributed by atoms with Crippen molar-refractivity contribution in [3.8, 4) is 0 Å². The lowest BCUT2D eigenvalue weighted by molar-refractivity contribution is -0.145. The molecule has 0 saturated heterocycles. The highest BCUT2D eigenvalue weighted by atomic mass is 32.1. The van der Waals surface area contributed by atoms with Gasteiger partial charge in [-0.05, 0) is 13.8 Å². The molecule has 0 amide bonds. The van der Waals surface area contributed by atoms with Crippen LogP contribution in [0.4, 0.5) is 0 Å². The summed E-state index contributed by atoms with van der Waals surface area (Å²) >= 11 is 1.52. The highest BCUT2D eigenvalue weighted by molar-refractivity contribution is 7.09. The van der Waals surface area contributed by atoms with Gasteiger partial charge in [-0.15, -0.1) is 11.3 Å². The second kappa shape index (κ2) is 5.93. The van der Waals surface area contributed by atoms with Gasteiger partial charge in [0.15, 0.2) is 0 Å². The maximum atomic E-state index is 11.3. The van der Waals surface area contributed by atoms with Crippen molar-refractivity contribution in [1.82, 2.24) is 10.3 Å². The molecule has 5 nitrogen and oxygen atoms in total. The zero-order valence-electron chi connectivity index (χ0n) is 9.56. The van der Waals surface area contributed by atoms with Crippen LogP contribution in [0, 0.1) is 6.92 Å². The number of rotatable bonds is 5. The number of carbonyl (C=O) groups is 1. The predicted molar refractivity (Wildman–Crippen MR) is 61.2 cm³/mol. The van der Waals surface area contributed by atoms with Gasteiger partial charge in [0.05, 0.1) is 24.4 Å². The Bertz CT molecular complexity index is 352. The number of aliphatic hydroxyl groups is 1. The topological polar surface area (TPSA) is 71.5 Å². The number of aliphatic hydroxyl groups excluding tert-OH is 1. The molecule has 0 saturated carbocycles. The van der Waals surface area contributed by atoms with Gasteiger partial charge >= 0.3 is 5.97 Å². The van der Waals surface area contributed by atoms with Crippen LogP contribution in [-0.4, -0.2) is 35.3 Å². The number of aryl methyl sites for hydroxylation is 1. The van der Waals surface area contributed by atoms with Crippen LogP contribution in [0.3, 0.4) is 0 Å². The number of thiazole rings is 1. The normalized spacial score (nSPS) is 14.5. The fourth-order valence-corrected chi connectivity index (χ4v) is 2.00. The Kier molecular flexibility index (Phi) is 4.85. The van der Waals surface area contributed by atoms with Crippen molar-refractivity contribution >= 4 is 17.3 Å². The lowest BCUT2D eigenvalue weighted by Gasteiger charge is -2.18. The molecule has 1 heterocycles. The Morgan fingerprint density at radius 1 is 1.75 bits per heavy atom. The van der Waals surface area contributed by atoms with E-state index in [2.05, 4.69) is 15.0 Å². The van der Waals surface area contributed by atoms with Gasteiger partial charge in [0.2, 0.25) is 0 Å². The summed E-state index contributed by atoms with van der Waals surface area (Å²) in [5, 5.41) is 12.4. The quantitative estimate of drug-likeness (QED) is 0.736. The molecule has 16 heavy (non-hydrogen) atoms. The molecule has 2 atom stereocenters. The zero-order chi connectivity index (χ0) is 12.1. The van der Waals surface area contributed by atoms with Crippen LogP contribution in [0.25, 0.3) is 0 Å². The molecule has 0 aliphatic heterocycles. The number of hydrogen-bond acceptors (Lipinski definition) is 6. The van der Waals surface area contributed by atoms with Gasteiger partial charge in [0, 0.05) is 11.4 Å². The van der Waals surface area contributed by atoms with Gasteiger partial charge in [-0.25, -0.2) is 4.98 Å². The summed E-state index contributed by atoms with van der Waals surface area (Å²) in [6.45, 7) is 3.96. The smallest absolute Gasteiger partial charge is 0.325 e. The molecule has 0 aliphatic rings. The number of nitrogens with zero attached hydrogens (tertiary/aromatic N) is 1. The zero-order valence-corrected chi connectivity index (χ0v) is 10.4. The minimum absolute atomic E-state index is 0.461. The second-order valence-electron chi connectivity index (χ2n) is 3.48. The van der Waals surface area contributed by atoms with Crippen LogP contribution < -0.4 is 5.32 Å². The number of nitrogens with one attached hydrogen (secondary N) is 1. The van der Waals surface area contributed by atoms with Crippen LogP contribution in [0.5, 0.6) is 0 Å². The summed E-state index contributed by atoms with van der Waals surface area (Å²) in [6, 6.07) is -0.702. The molecule has 2 N–H and O–H groups in total. The van der Waals surface area contributed by atoms with E-state index in [1.54, 1.807) is 12.4 Å². The molecule has 0 spiro atoms. The first kappa shape index (κ1) is 13.1. The van der Waals surface area contributed by atoms with Crippen molar-refractivity contribution in [3.05, 3.63) is 16.1 Å². The van der Waals surface area contributed by atoms with E-state index in [0.29, 0.717) is 6.54 Å². The highest BCUT2D eigenvalue weighted by Gasteiger charge is 2.24. The van der Waals surface area contributed by atoms with Gasteiger partial charge in [0.1, 0.15) is 6.04 Å². The summed E-state index contributed by atoms with van der Waals surface area (Å²) in [6.07, 6.45) is -0.791. The molecular weight excluding hydrogens is 228 g/mol. The van der Waals surface area contributed by atoms with Crippen molar-refractivity contribution < 1.29 is 14.6 Å². The van der Waals surface area contributed by atoms with Gasteiger partial charge in [-0.2, -0.15) is 0 Å². The molecule has 90 valence electrons. The van der Waals surface area contributed by atoms with E-state index in [-0.39, 0.29) is 0 Å². The van der Waals surface area contributed by atoms with E-state index in [0.717, 1.165) is 10.6 Å². The lowest BCUT2D eigenvalue weighted by atomic mass is 10.2. The molecule has 0 radical (unpaired) electrons. The SMILES string of the molecule is COC(=O)[C@@H](NCc1scnc1C)[C@H](C)O. The summed E-state index contributed by atoms with van der Waals surface area (Å²) in [4.78, 5) is 16.5. The molecule has 0 fully saturated rings. The molecular formula is C10H16N2O3S. The fraction of sp³-hybridized carbons (Fsp3) is 0.600. The van der Waals surface area contributed by atoms with Crippen molar-refractivity contribution in [2.45, 2.75) is 32.5 Å². The Hall–Kier alpha value is -0.980. The summed E-state index contributed by atoms with van der Waals surface area (Å²) in [5.41, 5.74) is 2.69. The van der Waals surface area contributed by atoms with Crippen molar-refractivity contribution in [3.63, 3.8) is 0 Å². The van der Waals surface area contributed by atoms with E-state index in [4.69, 9.17) is 0 Å². The molecule has 6 heteroatoms. The first-order valence-corrected chi connectivity index (χ1v) is 5.82. The van der Waals surface area contributed by atoms with E-state index in [9.17, 15) is 9.90 Å². The third-order valence-corrected chi connectivity index (χ3v) is 3.20. The maximum absolute atomic E-state index is 11.3. The fourth-order valence-electron chi connectivity index (χ4n) is 1.28. The third-order valence-electron chi connectivity index (χ3n) is 2.26. The van der Waals surface area contributed by atoms with Crippen LogP contribution in [0.2, 0.25) is 0 Å². The summed E-state index contributed by atoms with van der Waals surface area (Å²) < 4.78 is 4.60. The monoisotopic (exact) mass is 244 g/mol. The minimum Gasteiger partial charge on any atom is -0.468 e. The van der Waals surface area contributed by atoms with E-state index in [1.807, 2.05) is 6.92 Å². The second-order valence-corrected chi connectivity index (χ2v) is 4.42. The number of aromatic nitrogens is 1. The van der Waals surface area contributed by atoms with Crippen molar-refractivity contribution in [2.75, 3.05) is 7.11 Å². The lowest BCUT2D eigenvalue weighted by Crippen LogP contribution is -2.45. The average molecular weight is 244 g/mol. The van der Waals surface area contributed by atoms with Gasteiger partial charge in [0.25, 0.3) is 0 Å². The van der Waals surface area contributed by atoms with Gasteiger partial charge in [-0.1, -0.05) is 0 Å². The Morgan fingerprint density at radius 2 is 2.44 bits per heavy atom. The molecule has 0 bridgehead atoms. The molecule has 0 unspecified atom stereocenters. The van der Waals surface area contributed by atoms with E-state index < -0.39 is 18.1 Å². The van der Waals surface area contributed by atoms with E-state index in [1.165, 1.54) is 18.4 Å². The largest absolute Gasteiger partial charge is 0.468 e. The maximum Gasteiger partial charge on any atom is 0.325 e. The molecule has 1 aromatic rings. The van der Waals surface area contributed by atoms with Crippen LogP contribution in [0.15, 0.2) is 5.51 Å². The van der Waals surface area contributed by atoms with Gasteiger partial charge < -0.3 is 9.84 Å². The predicted octanol–water partition coefficient (Wildman–Crippen LogP) is 0.464. The standard InChI is InChI=1S/C10H16N2O3S/c1-6-8(16-5-12-6)4-11-9(7(2)13)10(14)15-3/h5,7,9,11,13H,4H2,1-3H3/t7-,9-/m0/s1. The number of carbonyl (C=O) groups excluding carboxylic acids is 1. The van der Waals surface area contributed by atoms with Crippen LogP contribution in [0.1, 0.15) is 17.5 Å². The minimum atomic E-state index is -0.791. The Labute approximate surface area is 98.5 Å². The number of ether oxygens (including phenoxy) is 1. The first-order valence-electron chi connectivity index (χ1n) is 4.94. The van der Waals surface area contributed by atoms with Crippen molar-refractivity contribution in [1.29, 1.82) is 0 Å². The number of esters is 1. The van der Waals surface area contributed by atoms with Gasteiger partial charge in [-0.3, -0.25) is 10.1 Å². The third kappa shape index (κ3) is 3.26. The average Bonchev–Trinajstić information content (AvgIpc) is 2.64.